The van der Waals surface area contributed by atoms with Gasteiger partial charge in [-0.15, -0.1) is 0 Å². The van der Waals surface area contributed by atoms with Crippen LogP contribution < -0.4 is 16.8 Å². The van der Waals surface area contributed by atoms with Gasteiger partial charge in [0.2, 0.25) is 11.8 Å². The third-order valence-electron chi connectivity index (χ3n) is 3.54. The summed E-state index contributed by atoms with van der Waals surface area (Å²) in [5.41, 5.74) is 12.0. The van der Waals surface area contributed by atoms with Crippen molar-refractivity contribution in [2.45, 2.75) is 12.8 Å². The predicted molar refractivity (Wildman–Crippen MR) is 82.9 cm³/mol. The molecule has 0 aromatic heterocycles. The number of amides is 2. The number of piperidine rings is 1. The molecule has 0 spiro atoms. The van der Waals surface area contributed by atoms with Crippen molar-refractivity contribution in [3.8, 4) is 0 Å². The molecule has 1 fully saturated rings. The van der Waals surface area contributed by atoms with Crippen molar-refractivity contribution in [2.24, 2.45) is 11.7 Å². The van der Waals surface area contributed by atoms with Gasteiger partial charge in [-0.3, -0.25) is 14.5 Å². The highest BCUT2D eigenvalue weighted by molar-refractivity contribution is 6.33. The zero-order chi connectivity index (χ0) is 15.4. The molecule has 21 heavy (non-hydrogen) atoms. The summed E-state index contributed by atoms with van der Waals surface area (Å²) in [6, 6.07) is 4.92. The lowest BCUT2D eigenvalue weighted by atomic mass is 9.97. The Bertz CT molecular complexity index is 550. The second kappa shape index (κ2) is 6.78. The summed E-state index contributed by atoms with van der Waals surface area (Å²) < 4.78 is 0. The van der Waals surface area contributed by atoms with E-state index in [0.29, 0.717) is 22.9 Å². The molecule has 6 nitrogen and oxygen atoms in total. The molecule has 1 unspecified atom stereocenters. The van der Waals surface area contributed by atoms with Crippen LogP contribution in [0.5, 0.6) is 0 Å². The van der Waals surface area contributed by atoms with Gasteiger partial charge in [0.15, 0.2) is 0 Å². The third kappa shape index (κ3) is 4.34. The minimum atomic E-state index is -0.306. The molecule has 0 saturated carbocycles. The Morgan fingerprint density at radius 3 is 2.90 bits per heavy atom. The SMILES string of the molecule is NC(=O)C1CCCN(CC(=O)Nc2cc(N)ccc2Cl)C1. The van der Waals surface area contributed by atoms with Crippen LogP contribution in [0.1, 0.15) is 12.8 Å². The number of anilines is 2. The molecular formula is C14H19ClN4O2. The van der Waals surface area contributed by atoms with E-state index in [1.807, 2.05) is 4.90 Å². The van der Waals surface area contributed by atoms with Crippen LogP contribution >= 0.6 is 11.6 Å². The highest BCUT2D eigenvalue weighted by atomic mass is 35.5. The Labute approximate surface area is 128 Å². The Kier molecular flexibility index (Phi) is 5.03. The zero-order valence-corrected chi connectivity index (χ0v) is 12.4. The van der Waals surface area contributed by atoms with Crippen LogP contribution in [0.4, 0.5) is 11.4 Å². The zero-order valence-electron chi connectivity index (χ0n) is 11.6. The molecule has 1 aliphatic rings. The summed E-state index contributed by atoms with van der Waals surface area (Å²) in [7, 11) is 0. The van der Waals surface area contributed by atoms with Gasteiger partial charge in [-0.2, -0.15) is 0 Å². The minimum absolute atomic E-state index is 0.178. The van der Waals surface area contributed by atoms with Gasteiger partial charge in [0.1, 0.15) is 0 Å². The first-order valence-electron chi connectivity index (χ1n) is 6.82. The van der Waals surface area contributed by atoms with Gasteiger partial charge in [0.05, 0.1) is 23.2 Å². The van der Waals surface area contributed by atoms with Crippen LogP contribution in [0.25, 0.3) is 0 Å². The van der Waals surface area contributed by atoms with Gasteiger partial charge in [-0.05, 0) is 37.6 Å². The van der Waals surface area contributed by atoms with E-state index in [9.17, 15) is 9.59 Å². The van der Waals surface area contributed by atoms with E-state index in [1.54, 1.807) is 18.2 Å². The number of rotatable bonds is 4. The van der Waals surface area contributed by atoms with E-state index >= 15 is 0 Å². The molecule has 0 radical (unpaired) electrons. The fraction of sp³-hybridized carbons (Fsp3) is 0.429. The first-order valence-corrected chi connectivity index (χ1v) is 7.20. The van der Waals surface area contributed by atoms with E-state index in [1.165, 1.54) is 0 Å². The number of hydrogen-bond donors (Lipinski definition) is 3. The van der Waals surface area contributed by atoms with Crippen molar-refractivity contribution >= 4 is 34.8 Å². The summed E-state index contributed by atoms with van der Waals surface area (Å²) in [6.07, 6.45) is 1.65. The average molecular weight is 311 g/mol. The number of hydrogen-bond acceptors (Lipinski definition) is 4. The third-order valence-corrected chi connectivity index (χ3v) is 3.87. The van der Waals surface area contributed by atoms with E-state index < -0.39 is 0 Å². The molecule has 0 aliphatic carbocycles. The monoisotopic (exact) mass is 310 g/mol. The summed E-state index contributed by atoms with van der Waals surface area (Å²) in [5, 5.41) is 3.17. The van der Waals surface area contributed by atoms with Crippen LogP contribution in [0.3, 0.4) is 0 Å². The maximum atomic E-state index is 12.1. The summed E-state index contributed by atoms with van der Waals surface area (Å²) in [4.78, 5) is 25.2. The first kappa shape index (κ1) is 15.6. The van der Waals surface area contributed by atoms with Crippen molar-refractivity contribution in [2.75, 3.05) is 30.7 Å². The maximum Gasteiger partial charge on any atom is 0.238 e. The van der Waals surface area contributed by atoms with Crippen molar-refractivity contribution in [1.82, 2.24) is 4.90 Å². The Morgan fingerprint density at radius 2 is 2.19 bits per heavy atom. The lowest BCUT2D eigenvalue weighted by Crippen LogP contribution is -2.44. The van der Waals surface area contributed by atoms with Crippen LogP contribution in [-0.2, 0) is 9.59 Å². The second-order valence-corrected chi connectivity index (χ2v) is 5.67. The molecule has 1 aromatic carbocycles. The highest BCUT2D eigenvalue weighted by Gasteiger charge is 2.25. The van der Waals surface area contributed by atoms with Gasteiger partial charge < -0.3 is 16.8 Å². The van der Waals surface area contributed by atoms with E-state index in [-0.39, 0.29) is 24.3 Å². The van der Waals surface area contributed by atoms with Crippen molar-refractivity contribution < 1.29 is 9.59 Å². The predicted octanol–water partition coefficient (Wildman–Crippen LogP) is 1.06. The van der Waals surface area contributed by atoms with Gasteiger partial charge in [-0.1, -0.05) is 11.6 Å². The van der Waals surface area contributed by atoms with Crippen molar-refractivity contribution in [3.63, 3.8) is 0 Å². The fourth-order valence-electron chi connectivity index (χ4n) is 2.46. The number of carbonyl (C=O) groups excluding carboxylic acids is 2. The fourth-order valence-corrected chi connectivity index (χ4v) is 2.63. The number of nitrogen functional groups attached to an aromatic ring is 1. The summed E-state index contributed by atoms with van der Waals surface area (Å²) >= 11 is 6.00. The first-order chi connectivity index (χ1) is 9.95. The van der Waals surface area contributed by atoms with Crippen LogP contribution in [-0.4, -0.2) is 36.3 Å². The van der Waals surface area contributed by atoms with E-state index in [0.717, 1.165) is 19.4 Å². The molecule has 114 valence electrons. The maximum absolute atomic E-state index is 12.1. The summed E-state index contributed by atoms with van der Waals surface area (Å²) in [5.74, 6) is -0.672. The minimum Gasteiger partial charge on any atom is -0.399 e. The van der Waals surface area contributed by atoms with Crippen molar-refractivity contribution in [1.29, 1.82) is 0 Å². The lowest BCUT2D eigenvalue weighted by Gasteiger charge is -2.30. The molecule has 2 amide bonds. The number of nitrogens with one attached hydrogen (secondary N) is 1. The molecule has 7 heteroatoms. The molecule has 5 N–H and O–H groups in total. The molecule has 1 atom stereocenters. The number of nitrogens with two attached hydrogens (primary N) is 2. The smallest absolute Gasteiger partial charge is 0.238 e. The number of likely N-dealkylation sites (tertiary alicyclic amines) is 1. The number of carbonyl (C=O) groups is 2. The number of primary amides is 1. The molecule has 1 saturated heterocycles. The van der Waals surface area contributed by atoms with Crippen LogP contribution in [0, 0.1) is 5.92 Å². The van der Waals surface area contributed by atoms with Crippen LogP contribution in [0.2, 0.25) is 5.02 Å². The Balaban J connectivity index is 1.92. The average Bonchev–Trinajstić information content (AvgIpc) is 2.43. The number of nitrogens with zero attached hydrogens (tertiary/aromatic N) is 1. The van der Waals surface area contributed by atoms with Gasteiger partial charge in [0, 0.05) is 12.2 Å². The topological polar surface area (TPSA) is 101 Å². The second-order valence-electron chi connectivity index (χ2n) is 5.26. The molecule has 1 aromatic rings. The molecule has 0 bridgehead atoms. The van der Waals surface area contributed by atoms with Crippen LogP contribution in [0.15, 0.2) is 18.2 Å². The number of benzene rings is 1. The van der Waals surface area contributed by atoms with Gasteiger partial charge in [-0.25, -0.2) is 0 Å². The Morgan fingerprint density at radius 1 is 1.43 bits per heavy atom. The molecule has 1 heterocycles. The van der Waals surface area contributed by atoms with Crippen molar-refractivity contribution in [3.05, 3.63) is 23.2 Å². The quantitative estimate of drug-likeness (QED) is 0.724. The molecular weight excluding hydrogens is 292 g/mol. The number of halogens is 1. The lowest BCUT2D eigenvalue weighted by molar-refractivity contribution is -0.125. The summed E-state index contributed by atoms with van der Waals surface area (Å²) in [6.45, 7) is 1.50. The molecule has 2 rings (SSSR count). The van der Waals surface area contributed by atoms with E-state index in [2.05, 4.69) is 5.32 Å². The normalized spacial score (nSPS) is 19.2. The largest absolute Gasteiger partial charge is 0.399 e. The van der Waals surface area contributed by atoms with Gasteiger partial charge >= 0.3 is 0 Å². The van der Waals surface area contributed by atoms with Gasteiger partial charge in [0.25, 0.3) is 0 Å². The van der Waals surface area contributed by atoms with E-state index in [4.69, 9.17) is 23.1 Å². The molecule has 1 aliphatic heterocycles. The Hall–Kier alpha value is -1.79. The standard InChI is InChI=1S/C14H19ClN4O2/c15-11-4-3-10(16)6-12(11)18-13(20)8-19-5-1-2-9(7-19)14(17)21/h3-4,6,9H,1-2,5,7-8,16H2,(H2,17,21)(H,18,20). The highest BCUT2D eigenvalue weighted by Crippen LogP contribution is 2.24.